The van der Waals surface area contributed by atoms with Gasteiger partial charge < -0.3 is 9.47 Å². The van der Waals surface area contributed by atoms with Gasteiger partial charge in [-0.1, -0.05) is 12.7 Å². The van der Waals surface area contributed by atoms with Crippen molar-refractivity contribution >= 4 is 35.0 Å². The predicted molar refractivity (Wildman–Crippen MR) is 70.0 cm³/mol. The van der Waals surface area contributed by atoms with E-state index in [1.807, 2.05) is 0 Å². The van der Waals surface area contributed by atoms with Gasteiger partial charge in [0.15, 0.2) is 0 Å². The van der Waals surface area contributed by atoms with E-state index in [1.165, 1.54) is 18.2 Å². The molecule has 0 bridgehead atoms. The fraction of sp³-hybridized carbons (Fsp3) is 0.0667. The topological polar surface area (TPSA) is 86.7 Å². The number of carbonyl (C=O) groups excluding carboxylic acids is 4. The van der Waals surface area contributed by atoms with Crippen molar-refractivity contribution in [2.75, 3.05) is 0 Å². The number of hydrogen-bond acceptors (Lipinski definition) is 6. The Morgan fingerprint density at radius 1 is 0.857 bits per heavy atom. The summed E-state index contributed by atoms with van der Waals surface area (Å²) in [6, 6.07) is 2.70. The first-order valence-electron chi connectivity index (χ1n) is 6.01. The van der Waals surface area contributed by atoms with Crippen molar-refractivity contribution in [1.29, 1.82) is 0 Å². The molecule has 6 nitrogen and oxygen atoms in total. The van der Waals surface area contributed by atoms with Crippen molar-refractivity contribution in [3.63, 3.8) is 0 Å². The highest BCUT2D eigenvalue weighted by Gasteiger charge is 2.38. The van der Waals surface area contributed by atoms with Gasteiger partial charge in [0.25, 0.3) is 0 Å². The van der Waals surface area contributed by atoms with Gasteiger partial charge in [-0.15, -0.1) is 0 Å². The Kier molecular flexibility index (Phi) is 2.62. The Morgan fingerprint density at radius 2 is 1.38 bits per heavy atom. The van der Waals surface area contributed by atoms with Gasteiger partial charge in [-0.05, 0) is 19.1 Å². The molecular formula is C15H8O6. The molecule has 1 aromatic rings. The first-order chi connectivity index (χ1) is 9.95. The average Bonchev–Trinajstić information content (AvgIpc) is 2.44. The third kappa shape index (κ3) is 1.66. The van der Waals surface area contributed by atoms with Crippen molar-refractivity contribution < 1.29 is 28.7 Å². The lowest BCUT2D eigenvalue weighted by atomic mass is 9.85. The number of hydrogen-bond donors (Lipinski definition) is 0. The summed E-state index contributed by atoms with van der Waals surface area (Å²) in [4.78, 5) is 47.1. The molecule has 104 valence electrons. The molecule has 0 spiro atoms. The number of rotatable bonds is 0. The quantitative estimate of drug-likeness (QED) is 0.407. The number of esters is 4. The third-order valence-electron chi connectivity index (χ3n) is 3.34. The zero-order valence-corrected chi connectivity index (χ0v) is 10.9. The highest BCUT2D eigenvalue weighted by molar-refractivity contribution is 6.32. The summed E-state index contributed by atoms with van der Waals surface area (Å²) < 4.78 is 9.16. The normalized spacial score (nSPS) is 19.1. The maximum atomic E-state index is 11.8. The van der Waals surface area contributed by atoms with Gasteiger partial charge >= 0.3 is 23.9 Å². The Hall–Kier alpha value is -3.02. The van der Waals surface area contributed by atoms with Gasteiger partial charge in [0.2, 0.25) is 0 Å². The number of fused-ring (bicyclic) bond motifs is 3. The van der Waals surface area contributed by atoms with Crippen LogP contribution in [-0.2, 0) is 19.1 Å². The predicted octanol–water partition coefficient (Wildman–Crippen LogP) is 1.50. The standard InChI is InChI=1S/C15H8O6/c1-3-7-11-9(15(19)21-13(7)17)5-4-8-10(11)6(2)12(16)20-14(8)18/h3-5H,2H2,1H3/b7-3+. The van der Waals surface area contributed by atoms with E-state index in [2.05, 4.69) is 16.1 Å². The molecule has 0 fully saturated rings. The van der Waals surface area contributed by atoms with Crippen molar-refractivity contribution in [1.82, 2.24) is 0 Å². The summed E-state index contributed by atoms with van der Waals surface area (Å²) in [5.41, 5.74) is 0.539. The number of cyclic esters (lactones) is 4. The molecule has 2 aliphatic rings. The van der Waals surface area contributed by atoms with E-state index in [1.54, 1.807) is 6.92 Å². The number of benzene rings is 1. The SMILES string of the molecule is C=C1C(=O)OC(=O)c2ccc3c(c21)/C(=C\C)C(=O)OC3=O. The van der Waals surface area contributed by atoms with E-state index in [9.17, 15) is 19.2 Å². The van der Waals surface area contributed by atoms with Crippen molar-refractivity contribution in [2.24, 2.45) is 0 Å². The van der Waals surface area contributed by atoms with Crippen LogP contribution >= 0.6 is 0 Å². The molecule has 0 amide bonds. The minimum atomic E-state index is -0.900. The van der Waals surface area contributed by atoms with Gasteiger partial charge in [0.1, 0.15) is 0 Å². The number of ether oxygens (including phenoxy) is 2. The number of carbonyl (C=O) groups is 4. The van der Waals surface area contributed by atoms with Crippen LogP contribution in [0.2, 0.25) is 0 Å². The van der Waals surface area contributed by atoms with E-state index in [-0.39, 0.29) is 33.4 Å². The summed E-state index contributed by atoms with van der Waals surface area (Å²) in [7, 11) is 0. The Balaban J connectivity index is 2.43. The fourth-order valence-electron chi connectivity index (χ4n) is 2.40. The van der Waals surface area contributed by atoms with Gasteiger partial charge in [-0.2, -0.15) is 0 Å². The molecule has 6 heteroatoms. The highest BCUT2D eigenvalue weighted by atomic mass is 16.6. The molecule has 0 saturated heterocycles. The zero-order chi connectivity index (χ0) is 15.3. The van der Waals surface area contributed by atoms with Gasteiger partial charge in [-0.25, -0.2) is 19.2 Å². The van der Waals surface area contributed by atoms with E-state index in [4.69, 9.17) is 0 Å². The molecule has 3 rings (SSSR count). The lowest BCUT2D eigenvalue weighted by Gasteiger charge is -2.24. The second kappa shape index (κ2) is 4.24. The van der Waals surface area contributed by atoms with Crippen LogP contribution in [0, 0.1) is 0 Å². The van der Waals surface area contributed by atoms with Crippen LogP contribution in [0.4, 0.5) is 0 Å². The first-order valence-corrected chi connectivity index (χ1v) is 6.01. The highest BCUT2D eigenvalue weighted by Crippen LogP contribution is 2.38. The molecule has 0 aromatic heterocycles. The van der Waals surface area contributed by atoms with Crippen LogP contribution in [-0.4, -0.2) is 23.9 Å². The van der Waals surface area contributed by atoms with E-state index < -0.39 is 23.9 Å². The molecular weight excluding hydrogens is 276 g/mol. The van der Waals surface area contributed by atoms with Crippen LogP contribution in [0.5, 0.6) is 0 Å². The van der Waals surface area contributed by atoms with Gasteiger partial charge in [0.05, 0.1) is 22.3 Å². The third-order valence-corrected chi connectivity index (χ3v) is 3.34. The summed E-state index contributed by atoms with van der Waals surface area (Å²) in [5.74, 6) is -3.40. The molecule has 2 aliphatic heterocycles. The lowest BCUT2D eigenvalue weighted by Crippen LogP contribution is -2.28. The average molecular weight is 284 g/mol. The van der Waals surface area contributed by atoms with Crippen LogP contribution < -0.4 is 0 Å². The molecule has 0 saturated carbocycles. The largest absolute Gasteiger partial charge is 0.386 e. The Bertz CT molecular complexity index is 797. The van der Waals surface area contributed by atoms with E-state index >= 15 is 0 Å². The Morgan fingerprint density at radius 3 is 1.95 bits per heavy atom. The van der Waals surface area contributed by atoms with Crippen LogP contribution in [0.15, 0.2) is 24.8 Å². The monoisotopic (exact) mass is 284 g/mol. The summed E-state index contributed by atoms with van der Waals surface area (Å²) in [6.45, 7) is 5.17. The molecule has 1 aromatic carbocycles. The molecule has 0 unspecified atom stereocenters. The smallest absolute Gasteiger partial charge is 0.346 e. The second-order valence-electron chi connectivity index (χ2n) is 4.45. The minimum absolute atomic E-state index is 0.0803. The van der Waals surface area contributed by atoms with Crippen molar-refractivity contribution in [3.8, 4) is 0 Å². The first kappa shape index (κ1) is 13.0. The van der Waals surface area contributed by atoms with Crippen molar-refractivity contribution in [2.45, 2.75) is 6.92 Å². The summed E-state index contributed by atoms with van der Waals surface area (Å²) in [5, 5.41) is 0. The maximum absolute atomic E-state index is 11.8. The minimum Gasteiger partial charge on any atom is -0.386 e. The fourth-order valence-corrected chi connectivity index (χ4v) is 2.40. The second-order valence-corrected chi connectivity index (χ2v) is 4.45. The summed E-state index contributed by atoms with van der Waals surface area (Å²) in [6.07, 6.45) is 1.45. The molecule has 0 aliphatic carbocycles. The zero-order valence-electron chi connectivity index (χ0n) is 10.9. The molecule has 0 atom stereocenters. The van der Waals surface area contributed by atoms with Crippen molar-refractivity contribution in [3.05, 3.63) is 47.0 Å². The number of allylic oxidation sites excluding steroid dienone is 1. The van der Waals surface area contributed by atoms with E-state index in [0.29, 0.717) is 0 Å². The lowest BCUT2D eigenvalue weighted by molar-refractivity contribution is -0.133. The van der Waals surface area contributed by atoms with Gasteiger partial charge in [-0.3, -0.25) is 0 Å². The van der Waals surface area contributed by atoms with Crippen LogP contribution in [0.1, 0.15) is 38.8 Å². The van der Waals surface area contributed by atoms with Crippen LogP contribution in [0.3, 0.4) is 0 Å². The molecule has 2 heterocycles. The molecule has 21 heavy (non-hydrogen) atoms. The molecule has 0 N–H and O–H groups in total. The summed E-state index contributed by atoms with van der Waals surface area (Å²) >= 11 is 0. The van der Waals surface area contributed by atoms with E-state index in [0.717, 1.165) is 0 Å². The maximum Gasteiger partial charge on any atom is 0.346 e. The van der Waals surface area contributed by atoms with Gasteiger partial charge in [0, 0.05) is 11.1 Å². The van der Waals surface area contributed by atoms with Crippen LogP contribution in [0.25, 0.3) is 11.1 Å². The molecule has 0 radical (unpaired) electrons. The Labute approximate surface area is 118 Å².